The Morgan fingerprint density at radius 2 is 1.95 bits per heavy atom. The van der Waals surface area contributed by atoms with Gasteiger partial charge in [-0.15, -0.1) is 0 Å². The number of rotatable bonds is 3. The van der Waals surface area contributed by atoms with Crippen molar-refractivity contribution in [2.24, 2.45) is 0 Å². The molecule has 0 bridgehead atoms. The summed E-state index contributed by atoms with van der Waals surface area (Å²) in [5.41, 5.74) is 7.21. The summed E-state index contributed by atoms with van der Waals surface area (Å²) in [6, 6.07) is 5.38. The number of nitrogen functional groups attached to an aromatic ring is 1. The zero-order chi connectivity index (χ0) is 15.6. The Morgan fingerprint density at radius 3 is 2.57 bits per heavy atom. The van der Waals surface area contributed by atoms with E-state index in [0.717, 1.165) is 5.56 Å². The minimum absolute atomic E-state index is 0.156. The highest BCUT2D eigenvalue weighted by Gasteiger charge is 2.16. The third-order valence-electron chi connectivity index (χ3n) is 2.68. The summed E-state index contributed by atoms with van der Waals surface area (Å²) < 4.78 is 5.73. The average Bonchev–Trinajstić information content (AvgIpc) is 2.37. The molecule has 1 aromatic carbocycles. The SMILES string of the molecule is Cc1cc(Oc2ncnc(NC(C)(C)C)c2N)ccc1Cl. The largest absolute Gasteiger partial charge is 0.437 e. The summed E-state index contributed by atoms with van der Waals surface area (Å²) in [5.74, 6) is 1.50. The standard InChI is InChI=1S/C15H19ClN4O/c1-9-7-10(5-6-11(9)16)21-14-12(17)13(18-8-19-14)20-15(2,3)4/h5-8H,17H2,1-4H3,(H,18,19,20). The summed E-state index contributed by atoms with van der Waals surface area (Å²) >= 11 is 6.00. The summed E-state index contributed by atoms with van der Waals surface area (Å²) in [7, 11) is 0. The third-order valence-corrected chi connectivity index (χ3v) is 3.11. The van der Waals surface area contributed by atoms with E-state index in [2.05, 4.69) is 15.3 Å². The molecule has 0 saturated carbocycles. The molecule has 21 heavy (non-hydrogen) atoms. The molecule has 0 amide bonds. The summed E-state index contributed by atoms with van der Waals surface area (Å²) in [6.45, 7) is 7.98. The van der Waals surface area contributed by atoms with Crippen LogP contribution in [0, 0.1) is 6.92 Å². The topological polar surface area (TPSA) is 73.1 Å². The fourth-order valence-corrected chi connectivity index (χ4v) is 1.83. The van der Waals surface area contributed by atoms with Crippen LogP contribution < -0.4 is 15.8 Å². The van der Waals surface area contributed by atoms with Gasteiger partial charge < -0.3 is 15.8 Å². The van der Waals surface area contributed by atoms with E-state index < -0.39 is 0 Å². The van der Waals surface area contributed by atoms with Crippen molar-refractivity contribution in [3.63, 3.8) is 0 Å². The zero-order valence-electron chi connectivity index (χ0n) is 12.6. The maximum Gasteiger partial charge on any atom is 0.248 e. The fraction of sp³-hybridized carbons (Fsp3) is 0.333. The third kappa shape index (κ3) is 3.98. The molecule has 0 radical (unpaired) electrons. The normalized spacial score (nSPS) is 11.3. The molecule has 0 aliphatic carbocycles. The van der Waals surface area contributed by atoms with Crippen molar-refractivity contribution < 1.29 is 4.74 Å². The van der Waals surface area contributed by atoms with Crippen molar-refractivity contribution in [3.8, 4) is 11.6 Å². The molecule has 0 aliphatic rings. The first-order valence-electron chi connectivity index (χ1n) is 6.59. The van der Waals surface area contributed by atoms with E-state index in [1.807, 2.05) is 33.8 Å². The maximum atomic E-state index is 6.07. The average molecular weight is 307 g/mol. The first kappa shape index (κ1) is 15.4. The Morgan fingerprint density at radius 1 is 1.24 bits per heavy atom. The Balaban J connectivity index is 2.28. The highest BCUT2D eigenvalue weighted by atomic mass is 35.5. The van der Waals surface area contributed by atoms with E-state index in [4.69, 9.17) is 22.1 Å². The highest BCUT2D eigenvalue weighted by molar-refractivity contribution is 6.31. The minimum atomic E-state index is -0.156. The number of benzene rings is 1. The lowest BCUT2D eigenvalue weighted by Gasteiger charge is -2.22. The molecule has 112 valence electrons. The molecule has 0 spiro atoms. The van der Waals surface area contributed by atoms with Crippen LogP contribution in [0.4, 0.5) is 11.5 Å². The van der Waals surface area contributed by atoms with Crippen LogP contribution in [0.1, 0.15) is 26.3 Å². The molecule has 2 aromatic rings. The van der Waals surface area contributed by atoms with Crippen LogP contribution in [0.2, 0.25) is 5.02 Å². The van der Waals surface area contributed by atoms with E-state index >= 15 is 0 Å². The molecule has 5 nitrogen and oxygen atoms in total. The second kappa shape index (κ2) is 5.77. The van der Waals surface area contributed by atoms with Gasteiger partial charge in [-0.2, -0.15) is 4.98 Å². The van der Waals surface area contributed by atoms with E-state index in [0.29, 0.717) is 28.2 Å². The van der Waals surface area contributed by atoms with Gasteiger partial charge in [0.1, 0.15) is 17.8 Å². The molecule has 0 unspecified atom stereocenters. The van der Waals surface area contributed by atoms with E-state index in [1.54, 1.807) is 12.1 Å². The molecular formula is C15H19ClN4O. The Bertz CT molecular complexity index is 653. The number of ether oxygens (including phenoxy) is 1. The van der Waals surface area contributed by atoms with Crippen molar-refractivity contribution in [3.05, 3.63) is 35.1 Å². The first-order valence-corrected chi connectivity index (χ1v) is 6.97. The molecule has 2 rings (SSSR count). The lowest BCUT2D eigenvalue weighted by Crippen LogP contribution is -2.27. The molecule has 0 fully saturated rings. The minimum Gasteiger partial charge on any atom is -0.437 e. The van der Waals surface area contributed by atoms with Crippen LogP contribution in [0.15, 0.2) is 24.5 Å². The van der Waals surface area contributed by atoms with Crippen LogP contribution in [0.5, 0.6) is 11.6 Å². The quantitative estimate of drug-likeness (QED) is 0.896. The van der Waals surface area contributed by atoms with Crippen LogP contribution >= 0.6 is 11.6 Å². The first-order chi connectivity index (χ1) is 9.76. The highest BCUT2D eigenvalue weighted by Crippen LogP contribution is 2.31. The summed E-state index contributed by atoms with van der Waals surface area (Å²) in [6.07, 6.45) is 1.42. The lowest BCUT2D eigenvalue weighted by atomic mass is 10.1. The number of nitrogens with one attached hydrogen (secondary N) is 1. The molecule has 0 atom stereocenters. The number of halogens is 1. The molecule has 6 heteroatoms. The van der Waals surface area contributed by atoms with E-state index in [-0.39, 0.29) is 5.54 Å². The van der Waals surface area contributed by atoms with Gasteiger partial charge in [0.25, 0.3) is 0 Å². The second-order valence-corrected chi connectivity index (χ2v) is 6.24. The molecule has 1 heterocycles. The Labute approximate surface area is 129 Å². The smallest absolute Gasteiger partial charge is 0.248 e. The Kier molecular flexibility index (Phi) is 4.23. The fourth-order valence-electron chi connectivity index (χ4n) is 1.71. The number of hydrogen-bond acceptors (Lipinski definition) is 5. The number of nitrogens with two attached hydrogens (primary N) is 1. The van der Waals surface area contributed by atoms with Gasteiger partial charge in [-0.3, -0.25) is 0 Å². The van der Waals surface area contributed by atoms with Crippen molar-refractivity contribution in [2.45, 2.75) is 33.2 Å². The van der Waals surface area contributed by atoms with Crippen molar-refractivity contribution in [1.29, 1.82) is 0 Å². The Hall–Kier alpha value is -2.01. The summed E-state index contributed by atoms with van der Waals surface area (Å²) in [5, 5.41) is 3.91. The van der Waals surface area contributed by atoms with Gasteiger partial charge in [0.15, 0.2) is 5.82 Å². The second-order valence-electron chi connectivity index (χ2n) is 5.83. The van der Waals surface area contributed by atoms with Crippen molar-refractivity contribution in [1.82, 2.24) is 9.97 Å². The number of anilines is 2. The van der Waals surface area contributed by atoms with Crippen LogP contribution in [0.25, 0.3) is 0 Å². The number of nitrogens with zero attached hydrogens (tertiary/aromatic N) is 2. The summed E-state index contributed by atoms with van der Waals surface area (Å²) in [4.78, 5) is 8.23. The van der Waals surface area contributed by atoms with Gasteiger partial charge in [-0.1, -0.05) is 11.6 Å². The number of hydrogen-bond donors (Lipinski definition) is 2. The monoisotopic (exact) mass is 306 g/mol. The number of aryl methyl sites for hydroxylation is 1. The molecule has 0 saturated heterocycles. The van der Waals surface area contributed by atoms with Crippen LogP contribution in [-0.2, 0) is 0 Å². The van der Waals surface area contributed by atoms with Gasteiger partial charge >= 0.3 is 0 Å². The van der Waals surface area contributed by atoms with Crippen molar-refractivity contribution in [2.75, 3.05) is 11.1 Å². The molecular weight excluding hydrogens is 288 g/mol. The maximum absolute atomic E-state index is 6.07. The number of aromatic nitrogens is 2. The molecule has 3 N–H and O–H groups in total. The lowest BCUT2D eigenvalue weighted by molar-refractivity contribution is 0.464. The van der Waals surface area contributed by atoms with Gasteiger partial charge in [0, 0.05) is 10.6 Å². The molecule has 0 aliphatic heterocycles. The van der Waals surface area contributed by atoms with Crippen LogP contribution in [-0.4, -0.2) is 15.5 Å². The van der Waals surface area contributed by atoms with Gasteiger partial charge in [-0.05, 0) is 51.5 Å². The van der Waals surface area contributed by atoms with Crippen molar-refractivity contribution >= 4 is 23.1 Å². The van der Waals surface area contributed by atoms with E-state index in [9.17, 15) is 0 Å². The molecule has 1 aromatic heterocycles. The zero-order valence-corrected chi connectivity index (χ0v) is 13.3. The van der Waals surface area contributed by atoms with Gasteiger partial charge in [0.05, 0.1) is 0 Å². The predicted octanol–water partition coefficient (Wildman–Crippen LogP) is 4.02. The predicted molar refractivity (Wildman–Crippen MR) is 86.1 cm³/mol. The van der Waals surface area contributed by atoms with E-state index in [1.165, 1.54) is 6.33 Å². The van der Waals surface area contributed by atoms with Gasteiger partial charge in [0.2, 0.25) is 5.88 Å². The van der Waals surface area contributed by atoms with Gasteiger partial charge in [-0.25, -0.2) is 4.98 Å². The van der Waals surface area contributed by atoms with Crippen LogP contribution in [0.3, 0.4) is 0 Å².